The predicted molar refractivity (Wildman–Crippen MR) is 87.3 cm³/mol. The standard InChI is InChI=1S/C18H17NO3/c1-2-19(18(21)22)16-11-9-15(10-12-16)17(20)13-8-14-6-4-3-5-7-14/h3-13H,2H2,1H3,(H,21,22). The number of hydrogen-bond acceptors (Lipinski definition) is 2. The van der Waals surface area contributed by atoms with Crippen LogP contribution < -0.4 is 4.90 Å². The summed E-state index contributed by atoms with van der Waals surface area (Å²) in [4.78, 5) is 24.4. The summed E-state index contributed by atoms with van der Waals surface area (Å²) >= 11 is 0. The molecule has 1 N–H and O–H groups in total. The fraction of sp³-hybridized carbons (Fsp3) is 0.111. The van der Waals surface area contributed by atoms with Crippen LogP contribution in [0.3, 0.4) is 0 Å². The van der Waals surface area contributed by atoms with Crippen LogP contribution in [0.15, 0.2) is 60.7 Å². The zero-order valence-corrected chi connectivity index (χ0v) is 12.3. The molecule has 0 unspecified atom stereocenters. The molecule has 1 amide bonds. The maximum atomic E-state index is 12.1. The highest BCUT2D eigenvalue weighted by atomic mass is 16.4. The van der Waals surface area contributed by atoms with E-state index in [1.54, 1.807) is 37.3 Å². The molecular weight excluding hydrogens is 278 g/mol. The first-order valence-electron chi connectivity index (χ1n) is 7.00. The topological polar surface area (TPSA) is 57.6 Å². The Bertz CT molecular complexity index is 675. The number of carbonyl (C=O) groups is 2. The van der Waals surface area contributed by atoms with E-state index in [9.17, 15) is 9.59 Å². The predicted octanol–water partition coefficient (Wildman–Crippen LogP) is 4.09. The fourth-order valence-electron chi connectivity index (χ4n) is 2.07. The molecule has 2 rings (SSSR count). The van der Waals surface area contributed by atoms with Gasteiger partial charge in [0.15, 0.2) is 5.78 Å². The van der Waals surface area contributed by atoms with Crippen molar-refractivity contribution in [1.82, 2.24) is 0 Å². The summed E-state index contributed by atoms with van der Waals surface area (Å²) in [6.07, 6.45) is 2.26. The number of benzene rings is 2. The van der Waals surface area contributed by atoms with Crippen LogP contribution in [0.25, 0.3) is 6.08 Å². The zero-order valence-electron chi connectivity index (χ0n) is 12.3. The molecule has 0 spiro atoms. The average molecular weight is 295 g/mol. The number of carboxylic acid groups (broad SMARTS) is 1. The number of nitrogens with zero attached hydrogens (tertiary/aromatic N) is 1. The van der Waals surface area contributed by atoms with E-state index in [0.29, 0.717) is 17.8 Å². The minimum atomic E-state index is -1.01. The summed E-state index contributed by atoms with van der Waals surface area (Å²) in [6.45, 7) is 2.12. The van der Waals surface area contributed by atoms with Gasteiger partial charge in [0.05, 0.1) is 0 Å². The third kappa shape index (κ3) is 3.82. The van der Waals surface area contributed by atoms with Gasteiger partial charge in [0, 0.05) is 17.8 Å². The first kappa shape index (κ1) is 15.5. The second-order valence-electron chi connectivity index (χ2n) is 4.68. The van der Waals surface area contributed by atoms with Gasteiger partial charge in [-0.15, -0.1) is 0 Å². The van der Waals surface area contributed by atoms with Crippen LogP contribution in [-0.4, -0.2) is 23.5 Å². The summed E-state index contributed by atoms with van der Waals surface area (Å²) in [5.74, 6) is -0.117. The maximum Gasteiger partial charge on any atom is 0.411 e. The minimum Gasteiger partial charge on any atom is -0.465 e. The van der Waals surface area contributed by atoms with Gasteiger partial charge < -0.3 is 5.11 Å². The quantitative estimate of drug-likeness (QED) is 0.667. The van der Waals surface area contributed by atoms with Gasteiger partial charge in [0.1, 0.15) is 0 Å². The van der Waals surface area contributed by atoms with E-state index in [1.807, 2.05) is 30.3 Å². The highest BCUT2D eigenvalue weighted by Gasteiger charge is 2.12. The molecule has 0 saturated carbocycles. The Hall–Kier alpha value is -2.88. The summed E-state index contributed by atoms with van der Waals surface area (Å²) in [5.41, 5.74) is 2.03. The highest BCUT2D eigenvalue weighted by Crippen LogP contribution is 2.16. The van der Waals surface area contributed by atoms with Gasteiger partial charge in [0.2, 0.25) is 0 Å². The Kier molecular flexibility index (Phi) is 5.09. The number of hydrogen-bond donors (Lipinski definition) is 1. The van der Waals surface area contributed by atoms with Gasteiger partial charge in [-0.25, -0.2) is 4.79 Å². The number of rotatable bonds is 5. The fourth-order valence-corrected chi connectivity index (χ4v) is 2.07. The number of allylic oxidation sites excluding steroid dienone is 1. The van der Waals surface area contributed by atoms with Crippen LogP contribution in [0.5, 0.6) is 0 Å². The Labute approximate surface area is 129 Å². The van der Waals surface area contributed by atoms with Crippen molar-refractivity contribution in [3.8, 4) is 0 Å². The van der Waals surface area contributed by atoms with Crippen LogP contribution in [0.1, 0.15) is 22.8 Å². The van der Waals surface area contributed by atoms with E-state index in [4.69, 9.17) is 5.11 Å². The van der Waals surface area contributed by atoms with E-state index < -0.39 is 6.09 Å². The van der Waals surface area contributed by atoms with Crippen LogP contribution in [-0.2, 0) is 0 Å². The summed E-state index contributed by atoms with van der Waals surface area (Å²) in [5, 5.41) is 9.06. The van der Waals surface area contributed by atoms with Crippen molar-refractivity contribution in [2.75, 3.05) is 11.4 Å². The molecule has 0 aliphatic carbocycles. The Morgan fingerprint density at radius 3 is 2.23 bits per heavy atom. The van der Waals surface area contributed by atoms with E-state index in [-0.39, 0.29) is 5.78 Å². The molecule has 0 saturated heterocycles. The molecule has 0 aliphatic rings. The number of amides is 1. The van der Waals surface area contributed by atoms with Crippen molar-refractivity contribution in [2.45, 2.75) is 6.92 Å². The van der Waals surface area contributed by atoms with Gasteiger partial charge >= 0.3 is 6.09 Å². The molecule has 0 aliphatic heterocycles. The zero-order chi connectivity index (χ0) is 15.9. The normalized spacial score (nSPS) is 10.6. The van der Waals surface area contributed by atoms with Gasteiger partial charge in [-0.2, -0.15) is 0 Å². The molecule has 0 fully saturated rings. The van der Waals surface area contributed by atoms with E-state index in [1.165, 1.54) is 11.0 Å². The molecule has 0 bridgehead atoms. The second-order valence-corrected chi connectivity index (χ2v) is 4.68. The molecule has 112 valence electrons. The first-order chi connectivity index (χ1) is 10.6. The molecular formula is C18H17NO3. The summed E-state index contributed by atoms with van der Waals surface area (Å²) in [6, 6.07) is 16.1. The lowest BCUT2D eigenvalue weighted by atomic mass is 10.1. The number of carbonyl (C=O) groups excluding carboxylic acids is 1. The number of anilines is 1. The smallest absolute Gasteiger partial charge is 0.411 e. The van der Waals surface area contributed by atoms with Crippen LogP contribution in [0, 0.1) is 0 Å². The lowest BCUT2D eigenvalue weighted by molar-refractivity contribution is 0.104. The first-order valence-corrected chi connectivity index (χ1v) is 7.00. The van der Waals surface area contributed by atoms with Crippen molar-refractivity contribution in [3.05, 3.63) is 71.8 Å². The SMILES string of the molecule is CCN(C(=O)O)c1ccc(C(=O)C=Cc2ccccc2)cc1. The van der Waals surface area contributed by atoms with Crippen LogP contribution in [0.4, 0.5) is 10.5 Å². The Morgan fingerprint density at radius 2 is 1.68 bits per heavy atom. The molecule has 2 aromatic carbocycles. The lowest BCUT2D eigenvalue weighted by Crippen LogP contribution is -2.28. The molecule has 4 nitrogen and oxygen atoms in total. The lowest BCUT2D eigenvalue weighted by Gasteiger charge is -2.16. The molecule has 0 radical (unpaired) electrons. The minimum absolute atomic E-state index is 0.117. The maximum absolute atomic E-state index is 12.1. The molecule has 0 atom stereocenters. The third-order valence-corrected chi connectivity index (χ3v) is 3.24. The highest BCUT2D eigenvalue weighted by molar-refractivity contribution is 6.07. The average Bonchev–Trinajstić information content (AvgIpc) is 2.54. The van der Waals surface area contributed by atoms with Crippen molar-refractivity contribution in [3.63, 3.8) is 0 Å². The van der Waals surface area contributed by atoms with E-state index in [0.717, 1.165) is 5.56 Å². The van der Waals surface area contributed by atoms with Crippen LogP contribution in [0.2, 0.25) is 0 Å². The van der Waals surface area contributed by atoms with Crippen molar-refractivity contribution >= 4 is 23.6 Å². The van der Waals surface area contributed by atoms with Gasteiger partial charge in [-0.05, 0) is 42.8 Å². The molecule has 0 aromatic heterocycles. The number of ketones is 1. The Morgan fingerprint density at radius 1 is 1.05 bits per heavy atom. The second kappa shape index (κ2) is 7.22. The van der Waals surface area contributed by atoms with Gasteiger partial charge in [-0.1, -0.05) is 36.4 Å². The van der Waals surface area contributed by atoms with Gasteiger partial charge in [0.25, 0.3) is 0 Å². The summed E-state index contributed by atoms with van der Waals surface area (Å²) in [7, 11) is 0. The van der Waals surface area contributed by atoms with Crippen molar-refractivity contribution < 1.29 is 14.7 Å². The molecule has 0 heterocycles. The monoisotopic (exact) mass is 295 g/mol. The van der Waals surface area contributed by atoms with Crippen molar-refractivity contribution in [2.24, 2.45) is 0 Å². The van der Waals surface area contributed by atoms with Crippen LogP contribution >= 0.6 is 0 Å². The third-order valence-electron chi connectivity index (χ3n) is 3.24. The molecule has 2 aromatic rings. The van der Waals surface area contributed by atoms with Gasteiger partial charge in [-0.3, -0.25) is 9.69 Å². The Balaban J connectivity index is 2.11. The van der Waals surface area contributed by atoms with E-state index >= 15 is 0 Å². The summed E-state index contributed by atoms with van der Waals surface area (Å²) < 4.78 is 0. The molecule has 22 heavy (non-hydrogen) atoms. The van der Waals surface area contributed by atoms with Crippen molar-refractivity contribution in [1.29, 1.82) is 0 Å². The molecule has 4 heteroatoms. The van der Waals surface area contributed by atoms with E-state index in [2.05, 4.69) is 0 Å². The largest absolute Gasteiger partial charge is 0.465 e.